The first-order valence-electron chi connectivity index (χ1n) is 4.35. The Kier molecular flexibility index (Phi) is 6.70. The first-order chi connectivity index (χ1) is 6.74. The highest BCUT2D eigenvalue weighted by molar-refractivity contribution is 5.85. The fraction of sp³-hybridized carbons (Fsp3) is 0.300. The van der Waals surface area contributed by atoms with E-state index in [4.69, 9.17) is 10.2 Å². The van der Waals surface area contributed by atoms with Gasteiger partial charge in [-0.2, -0.15) is 0 Å². The Labute approximate surface area is 94.3 Å². The number of hydrogen-bond acceptors (Lipinski definition) is 3. The van der Waals surface area contributed by atoms with Crippen LogP contribution in [0, 0.1) is 0 Å². The third-order valence-corrected chi connectivity index (χ3v) is 1.88. The Morgan fingerprint density at radius 1 is 1.33 bits per heavy atom. The molecule has 1 aromatic carbocycles. The Morgan fingerprint density at radius 3 is 2.40 bits per heavy atom. The second-order valence-corrected chi connectivity index (χ2v) is 2.94. The lowest BCUT2D eigenvalue weighted by molar-refractivity contribution is -0.140. The molecule has 5 heteroatoms. The van der Waals surface area contributed by atoms with Gasteiger partial charge in [-0.15, -0.1) is 12.4 Å². The van der Waals surface area contributed by atoms with E-state index in [9.17, 15) is 4.79 Å². The number of carbonyl (C=O) groups is 1. The number of hydrogen-bond donors (Lipinski definition) is 3. The molecule has 0 heterocycles. The topological polar surface area (TPSA) is 69.6 Å². The molecule has 0 fully saturated rings. The van der Waals surface area contributed by atoms with Crippen molar-refractivity contribution in [2.24, 2.45) is 0 Å². The van der Waals surface area contributed by atoms with Gasteiger partial charge in [-0.25, -0.2) is 0 Å². The second kappa shape index (κ2) is 7.23. The summed E-state index contributed by atoms with van der Waals surface area (Å²) >= 11 is 0. The summed E-state index contributed by atoms with van der Waals surface area (Å²) in [6.07, 6.45) is 0. The monoisotopic (exact) mass is 231 g/mol. The van der Waals surface area contributed by atoms with Crippen molar-refractivity contribution in [1.82, 2.24) is 5.32 Å². The maximum atomic E-state index is 10.5. The highest BCUT2D eigenvalue weighted by Crippen LogP contribution is 1.98. The molecule has 84 valence electrons. The van der Waals surface area contributed by atoms with Crippen LogP contribution in [-0.4, -0.2) is 28.8 Å². The zero-order valence-electron chi connectivity index (χ0n) is 8.09. The van der Waals surface area contributed by atoms with Crippen LogP contribution in [0.2, 0.25) is 0 Å². The lowest BCUT2D eigenvalue weighted by atomic mass is 10.2. The smallest absolute Gasteiger partial charge is 0.323 e. The SMILES string of the molecule is Cl.O=C(O)[C@@H](CO)NCc1ccccc1. The normalized spacial score (nSPS) is 11.5. The standard InChI is InChI=1S/C10H13NO3.ClH/c12-7-9(10(13)14)11-6-8-4-2-1-3-5-8;/h1-5,9,11-12H,6-7H2,(H,13,14);1H/t9-;/m1./s1. The Bertz CT molecular complexity index is 292. The molecule has 0 saturated heterocycles. The summed E-state index contributed by atoms with van der Waals surface area (Å²) in [6, 6.07) is 8.55. The van der Waals surface area contributed by atoms with Gasteiger partial charge in [0.2, 0.25) is 0 Å². The average Bonchev–Trinajstić information content (AvgIpc) is 2.20. The number of halogens is 1. The molecule has 0 aromatic heterocycles. The van der Waals surface area contributed by atoms with Crippen LogP contribution in [0.5, 0.6) is 0 Å². The highest BCUT2D eigenvalue weighted by Gasteiger charge is 2.14. The number of nitrogens with one attached hydrogen (secondary N) is 1. The van der Waals surface area contributed by atoms with Crippen molar-refractivity contribution in [3.05, 3.63) is 35.9 Å². The van der Waals surface area contributed by atoms with Gasteiger partial charge < -0.3 is 10.2 Å². The molecule has 0 saturated carbocycles. The lowest BCUT2D eigenvalue weighted by Crippen LogP contribution is -2.39. The van der Waals surface area contributed by atoms with Gasteiger partial charge in [0, 0.05) is 6.54 Å². The largest absolute Gasteiger partial charge is 0.480 e. The second-order valence-electron chi connectivity index (χ2n) is 2.94. The predicted octanol–water partition coefficient (Wildman–Crippen LogP) is 0.643. The van der Waals surface area contributed by atoms with Crippen molar-refractivity contribution >= 4 is 18.4 Å². The molecule has 0 bridgehead atoms. The molecule has 0 radical (unpaired) electrons. The van der Waals surface area contributed by atoms with E-state index in [0.717, 1.165) is 5.56 Å². The number of aliphatic carboxylic acids is 1. The first-order valence-corrected chi connectivity index (χ1v) is 4.35. The maximum Gasteiger partial charge on any atom is 0.323 e. The number of aliphatic hydroxyl groups excluding tert-OH is 1. The van der Waals surface area contributed by atoms with E-state index in [2.05, 4.69) is 5.32 Å². The van der Waals surface area contributed by atoms with Crippen LogP contribution in [-0.2, 0) is 11.3 Å². The molecular formula is C10H14ClNO3. The summed E-state index contributed by atoms with van der Waals surface area (Å²) in [6.45, 7) is 0.0422. The van der Waals surface area contributed by atoms with Crippen LogP contribution in [0.1, 0.15) is 5.56 Å². The minimum absolute atomic E-state index is 0. The molecule has 0 aliphatic carbocycles. The number of benzene rings is 1. The van der Waals surface area contributed by atoms with E-state index < -0.39 is 18.6 Å². The van der Waals surface area contributed by atoms with Gasteiger partial charge in [-0.3, -0.25) is 10.1 Å². The average molecular weight is 232 g/mol. The lowest BCUT2D eigenvalue weighted by Gasteiger charge is -2.10. The van der Waals surface area contributed by atoms with Crippen LogP contribution in [0.4, 0.5) is 0 Å². The molecule has 15 heavy (non-hydrogen) atoms. The fourth-order valence-electron chi connectivity index (χ4n) is 1.07. The molecule has 1 atom stereocenters. The van der Waals surface area contributed by atoms with Crippen molar-refractivity contribution in [3.8, 4) is 0 Å². The van der Waals surface area contributed by atoms with Gasteiger partial charge in [-0.05, 0) is 5.56 Å². The summed E-state index contributed by atoms with van der Waals surface area (Å²) in [7, 11) is 0. The Hall–Kier alpha value is -1.10. The van der Waals surface area contributed by atoms with Crippen LogP contribution < -0.4 is 5.32 Å². The molecule has 4 nitrogen and oxygen atoms in total. The van der Waals surface area contributed by atoms with Crippen molar-refractivity contribution in [1.29, 1.82) is 0 Å². The van der Waals surface area contributed by atoms with Crippen molar-refractivity contribution in [3.63, 3.8) is 0 Å². The molecule has 0 unspecified atom stereocenters. The third kappa shape index (κ3) is 4.78. The predicted molar refractivity (Wildman–Crippen MR) is 59.0 cm³/mol. The molecule has 0 aliphatic heterocycles. The molecule has 1 aromatic rings. The molecule has 0 spiro atoms. The molecule has 1 rings (SSSR count). The number of rotatable bonds is 5. The zero-order valence-corrected chi connectivity index (χ0v) is 8.91. The fourth-order valence-corrected chi connectivity index (χ4v) is 1.07. The summed E-state index contributed by atoms with van der Waals surface area (Å²) in [5.41, 5.74) is 0.993. The molecule has 3 N–H and O–H groups in total. The summed E-state index contributed by atoms with van der Waals surface area (Å²) < 4.78 is 0. The van der Waals surface area contributed by atoms with Crippen LogP contribution in [0.3, 0.4) is 0 Å². The molecular weight excluding hydrogens is 218 g/mol. The summed E-state index contributed by atoms with van der Waals surface area (Å²) in [5, 5.41) is 20.1. The van der Waals surface area contributed by atoms with Gasteiger partial charge in [0.1, 0.15) is 6.04 Å². The number of carboxylic acid groups (broad SMARTS) is 1. The summed E-state index contributed by atoms with van der Waals surface area (Å²) in [4.78, 5) is 10.5. The highest BCUT2D eigenvalue weighted by atomic mass is 35.5. The first kappa shape index (κ1) is 13.9. The summed E-state index contributed by atoms with van der Waals surface area (Å²) in [5.74, 6) is -1.04. The van der Waals surface area contributed by atoms with Gasteiger partial charge in [0.05, 0.1) is 6.61 Å². The van der Waals surface area contributed by atoms with E-state index in [1.54, 1.807) is 0 Å². The maximum absolute atomic E-state index is 10.5. The molecule has 0 amide bonds. The van der Waals surface area contributed by atoms with E-state index in [0.29, 0.717) is 6.54 Å². The Morgan fingerprint density at radius 2 is 1.93 bits per heavy atom. The van der Waals surface area contributed by atoms with Crippen molar-refractivity contribution < 1.29 is 15.0 Å². The van der Waals surface area contributed by atoms with Crippen LogP contribution in [0.15, 0.2) is 30.3 Å². The minimum atomic E-state index is -1.04. The van der Waals surface area contributed by atoms with E-state index in [1.165, 1.54) is 0 Å². The van der Waals surface area contributed by atoms with Crippen molar-refractivity contribution in [2.75, 3.05) is 6.61 Å². The third-order valence-electron chi connectivity index (χ3n) is 1.88. The quantitative estimate of drug-likeness (QED) is 0.696. The van der Waals surface area contributed by atoms with Crippen molar-refractivity contribution in [2.45, 2.75) is 12.6 Å². The van der Waals surface area contributed by atoms with Crippen LogP contribution in [0.25, 0.3) is 0 Å². The van der Waals surface area contributed by atoms with Gasteiger partial charge in [0.25, 0.3) is 0 Å². The number of aliphatic hydroxyl groups is 1. The Balaban J connectivity index is 0.00000196. The zero-order chi connectivity index (χ0) is 10.4. The molecule has 0 aliphatic rings. The number of carboxylic acids is 1. The van der Waals surface area contributed by atoms with Gasteiger partial charge in [0.15, 0.2) is 0 Å². The van der Waals surface area contributed by atoms with Crippen LogP contribution >= 0.6 is 12.4 Å². The van der Waals surface area contributed by atoms with Gasteiger partial charge >= 0.3 is 5.97 Å². The van der Waals surface area contributed by atoms with Gasteiger partial charge in [-0.1, -0.05) is 30.3 Å². The van der Waals surface area contributed by atoms with E-state index >= 15 is 0 Å². The van der Waals surface area contributed by atoms with E-state index in [-0.39, 0.29) is 12.4 Å². The minimum Gasteiger partial charge on any atom is -0.480 e. The van der Waals surface area contributed by atoms with E-state index in [1.807, 2.05) is 30.3 Å².